The molecule has 144 valence electrons. The van der Waals surface area contributed by atoms with Crippen LogP contribution in [-0.2, 0) is 4.74 Å². The van der Waals surface area contributed by atoms with Gasteiger partial charge in [-0.3, -0.25) is 14.7 Å². The fourth-order valence-electron chi connectivity index (χ4n) is 4.31. The molecule has 5 nitrogen and oxygen atoms in total. The summed E-state index contributed by atoms with van der Waals surface area (Å²) in [5.41, 5.74) is 0.577. The maximum Gasteiger partial charge on any atom is 0.273 e. The van der Waals surface area contributed by atoms with Crippen molar-refractivity contribution in [1.82, 2.24) is 14.8 Å². The first-order valence-corrected chi connectivity index (χ1v) is 10.1. The first kappa shape index (κ1) is 18.4. The number of carbonyl (C=O) groups excluding carboxylic acids is 1. The minimum atomic E-state index is 0.0551. The quantitative estimate of drug-likeness (QED) is 0.814. The molecule has 4 rings (SSSR count). The summed E-state index contributed by atoms with van der Waals surface area (Å²) in [7, 11) is 0. The zero-order chi connectivity index (χ0) is 18.8. The van der Waals surface area contributed by atoms with Crippen LogP contribution in [0.4, 0.5) is 0 Å². The van der Waals surface area contributed by atoms with Gasteiger partial charge < -0.3 is 9.64 Å². The molecule has 1 aromatic heterocycles. The van der Waals surface area contributed by atoms with E-state index in [1.165, 1.54) is 0 Å². The summed E-state index contributed by atoms with van der Waals surface area (Å²) in [6.45, 7) is 8.94. The number of hydrogen-bond donors (Lipinski definition) is 0. The van der Waals surface area contributed by atoms with E-state index in [-0.39, 0.29) is 5.91 Å². The monoisotopic (exact) mass is 367 g/mol. The topological polar surface area (TPSA) is 45.7 Å². The molecule has 2 aromatic rings. The van der Waals surface area contributed by atoms with Crippen LogP contribution < -0.4 is 0 Å². The van der Waals surface area contributed by atoms with Gasteiger partial charge in [0.25, 0.3) is 5.91 Å². The van der Waals surface area contributed by atoms with Crippen LogP contribution in [0.5, 0.6) is 0 Å². The van der Waals surface area contributed by atoms with E-state index in [1.54, 1.807) is 6.20 Å². The van der Waals surface area contributed by atoms with E-state index in [1.807, 2.05) is 35.2 Å². The number of nitrogens with zero attached hydrogens (tertiary/aromatic N) is 3. The van der Waals surface area contributed by atoms with E-state index >= 15 is 0 Å². The van der Waals surface area contributed by atoms with E-state index < -0.39 is 0 Å². The summed E-state index contributed by atoms with van der Waals surface area (Å²) in [6.07, 6.45) is 3.93. The first-order chi connectivity index (χ1) is 13.1. The van der Waals surface area contributed by atoms with E-state index in [4.69, 9.17) is 4.74 Å². The lowest BCUT2D eigenvalue weighted by molar-refractivity contribution is -0.0294. The van der Waals surface area contributed by atoms with Gasteiger partial charge >= 0.3 is 0 Å². The Morgan fingerprint density at radius 3 is 2.67 bits per heavy atom. The molecule has 27 heavy (non-hydrogen) atoms. The van der Waals surface area contributed by atoms with Gasteiger partial charge in [0, 0.05) is 56.5 Å². The molecule has 2 saturated heterocycles. The van der Waals surface area contributed by atoms with Gasteiger partial charge in [-0.05, 0) is 30.2 Å². The van der Waals surface area contributed by atoms with Crippen LogP contribution in [0.25, 0.3) is 10.8 Å². The first-order valence-electron chi connectivity index (χ1n) is 10.1. The number of hydrogen-bond acceptors (Lipinski definition) is 4. The summed E-state index contributed by atoms with van der Waals surface area (Å²) in [5.74, 6) is 0.678. The Kier molecular flexibility index (Phi) is 5.41. The molecule has 3 heterocycles. The summed E-state index contributed by atoms with van der Waals surface area (Å²) < 4.78 is 5.54. The number of fused-ring (bicyclic) bond motifs is 1. The minimum absolute atomic E-state index is 0.0551. The molecule has 0 atom stereocenters. The highest BCUT2D eigenvalue weighted by atomic mass is 16.5. The van der Waals surface area contributed by atoms with Crippen LogP contribution in [0.2, 0.25) is 0 Å². The fourth-order valence-corrected chi connectivity index (χ4v) is 4.31. The average Bonchev–Trinajstić information content (AvgIpc) is 2.66. The Bertz CT molecular complexity index is 790. The van der Waals surface area contributed by atoms with Crippen LogP contribution in [0.3, 0.4) is 0 Å². The Morgan fingerprint density at radius 2 is 1.93 bits per heavy atom. The van der Waals surface area contributed by atoms with Gasteiger partial charge in [-0.2, -0.15) is 0 Å². The molecule has 1 amide bonds. The second kappa shape index (κ2) is 7.95. The van der Waals surface area contributed by atoms with Crippen molar-refractivity contribution >= 4 is 16.7 Å². The van der Waals surface area contributed by atoms with E-state index in [0.717, 1.165) is 56.5 Å². The van der Waals surface area contributed by atoms with Crippen molar-refractivity contribution in [2.75, 3.05) is 32.8 Å². The van der Waals surface area contributed by atoms with Crippen molar-refractivity contribution < 1.29 is 9.53 Å². The third-order valence-corrected chi connectivity index (χ3v) is 5.73. The minimum Gasteiger partial charge on any atom is -0.381 e. The normalized spacial score (nSPS) is 19.0. The molecule has 2 aliphatic heterocycles. The zero-order valence-electron chi connectivity index (χ0n) is 16.3. The predicted octanol–water partition coefficient (Wildman–Crippen LogP) is 3.20. The van der Waals surface area contributed by atoms with Gasteiger partial charge in [-0.1, -0.05) is 38.1 Å². The number of rotatable bonds is 5. The molecule has 0 bridgehead atoms. The van der Waals surface area contributed by atoms with Crippen molar-refractivity contribution in [2.45, 2.75) is 38.8 Å². The Labute approximate surface area is 161 Å². The highest BCUT2D eigenvalue weighted by Gasteiger charge is 2.39. The third kappa shape index (κ3) is 3.85. The predicted molar refractivity (Wildman–Crippen MR) is 107 cm³/mol. The Balaban J connectivity index is 1.46. The summed E-state index contributed by atoms with van der Waals surface area (Å²) in [6, 6.07) is 11.0. The van der Waals surface area contributed by atoms with E-state index in [2.05, 4.69) is 23.7 Å². The highest BCUT2D eigenvalue weighted by Crippen LogP contribution is 2.26. The third-order valence-electron chi connectivity index (χ3n) is 5.73. The summed E-state index contributed by atoms with van der Waals surface area (Å²) >= 11 is 0. The van der Waals surface area contributed by atoms with Crippen LogP contribution in [-0.4, -0.2) is 65.6 Å². The molecule has 0 radical (unpaired) electrons. The number of ether oxygens (including phenoxy) is 1. The molecule has 2 aliphatic rings. The number of carbonyl (C=O) groups is 1. The van der Waals surface area contributed by atoms with E-state index in [9.17, 15) is 4.79 Å². The van der Waals surface area contributed by atoms with Crippen LogP contribution >= 0.6 is 0 Å². The molecular formula is C22H29N3O2. The molecule has 0 saturated carbocycles. The second-order valence-corrected chi connectivity index (χ2v) is 8.18. The maximum absolute atomic E-state index is 13.0. The van der Waals surface area contributed by atoms with Gasteiger partial charge in [0.15, 0.2) is 0 Å². The molecule has 0 N–H and O–H groups in total. The molecular weight excluding hydrogens is 338 g/mol. The largest absolute Gasteiger partial charge is 0.381 e. The SMILES string of the molecule is CC(C)CN(C1CCOCC1)C1CN(C(=O)c2nccc3ccccc23)C1. The van der Waals surface area contributed by atoms with Gasteiger partial charge in [-0.25, -0.2) is 0 Å². The molecule has 0 aliphatic carbocycles. The number of aromatic nitrogens is 1. The highest BCUT2D eigenvalue weighted by molar-refractivity contribution is 6.05. The fraction of sp³-hybridized carbons (Fsp3) is 0.545. The van der Waals surface area contributed by atoms with Crippen molar-refractivity contribution in [2.24, 2.45) is 5.92 Å². The number of likely N-dealkylation sites (tertiary alicyclic amines) is 1. The smallest absolute Gasteiger partial charge is 0.273 e. The van der Waals surface area contributed by atoms with Gasteiger partial charge in [0.1, 0.15) is 5.69 Å². The lowest BCUT2D eigenvalue weighted by atomic mass is 9.97. The molecule has 2 fully saturated rings. The van der Waals surface area contributed by atoms with Crippen molar-refractivity contribution in [1.29, 1.82) is 0 Å². The maximum atomic E-state index is 13.0. The Hall–Kier alpha value is -1.98. The standard InChI is InChI=1S/C22H29N3O2/c1-16(2)13-25(18-8-11-27-12-9-18)19-14-24(15-19)22(26)21-20-6-4-3-5-17(20)7-10-23-21/h3-7,10,16,18-19H,8-9,11-15H2,1-2H3. The van der Waals surface area contributed by atoms with Crippen LogP contribution in [0, 0.1) is 5.92 Å². The molecule has 0 unspecified atom stereocenters. The van der Waals surface area contributed by atoms with Gasteiger partial charge in [-0.15, -0.1) is 0 Å². The molecule has 1 aromatic carbocycles. The molecule has 0 spiro atoms. The molecule has 5 heteroatoms. The zero-order valence-corrected chi connectivity index (χ0v) is 16.3. The van der Waals surface area contributed by atoms with Gasteiger partial charge in [0.2, 0.25) is 0 Å². The average molecular weight is 367 g/mol. The van der Waals surface area contributed by atoms with E-state index in [0.29, 0.717) is 23.7 Å². The summed E-state index contributed by atoms with van der Waals surface area (Å²) in [4.78, 5) is 22.0. The Morgan fingerprint density at radius 1 is 1.19 bits per heavy atom. The van der Waals surface area contributed by atoms with Gasteiger partial charge in [0.05, 0.1) is 0 Å². The van der Waals surface area contributed by atoms with Crippen molar-refractivity contribution in [3.05, 3.63) is 42.2 Å². The lowest BCUT2D eigenvalue weighted by Crippen LogP contribution is -2.64. The van der Waals surface area contributed by atoms with Crippen LogP contribution in [0.1, 0.15) is 37.2 Å². The van der Waals surface area contributed by atoms with Crippen molar-refractivity contribution in [3.63, 3.8) is 0 Å². The lowest BCUT2D eigenvalue weighted by Gasteiger charge is -2.49. The number of benzene rings is 1. The van der Waals surface area contributed by atoms with Crippen LogP contribution in [0.15, 0.2) is 36.5 Å². The number of amides is 1. The summed E-state index contributed by atoms with van der Waals surface area (Å²) in [5, 5.41) is 2.01. The number of pyridine rings is 1. The second-order valence-electron chi connectivity index (χ2n) is 8.18. The van der Waals surface area contributed by atoms with Crippen molar-refractivity contribution in [3.8, 4) is 0 Å².